The predicted molar refractivity (Wildman–Crippen MR) is 90.3 cm³/mol. The van der Waals surface area contributed by atoms with Gasteiger partial charge in [-0.05, 0) is 35.6 Å². The lowest BCUT2D eigenvalue weighted by Gasteiger charge is -2.15. The lowest BCUT2D eigenvalue weighted by atomic mass is 10.1. The third-order valence-electron chi connectivity index (χ3n) is 3.56. The van der Waals surface area contributed by atoms with Crippen LogP contribution in [0.3, 0.4) is 0 Å². The first-order chi connectivity index (χ1) is 11.5. The Morgan fingerprint density at radius 1 is 0.958 bits per heavy atom. The van der Waals surface area contributed by atoms with Crippen LogP contribution in [0.4, 0.5) is 14.5 Å². The van der Waals surface area contributed by atoms with Crippen molar-refractivity contribution in [3.8, 4) is 0 Å². The molecule has 0 fully saturated rings. The maximum Gasteiger partial charge on any atom is 0.272 e. The van der Waals surface area contributed by atoms with Crippen molar-refractivity contribution in [1.29, 1.82) is 0 Å². The van der Waals surface area contributed by atoms with Crippen LogP contribution < -0.4 is 4.90 Å². The third kappa shape index (κ3) is 2.73. The second-order valence-electron chi connectivity index (χ2n) is 5.04. The highest BCUT2D eigenvalue weighted by atomic mass is 32.2. The molecule has 0 radical (unpaired) electrons. The van der Waals surface area contributed by atoms with Gasteiger partial charge < -0.3 is 0 Å². The first-order valence-electron chi connectivity index (χ1n) is 7.31. The number of halogens is 2. The molecule has 0 unspecified atom stereocenters. The summed E-state index contributed by atoms with van der Waals surface area (Å²) in [5.74, 6) is -1.68. The van der Waals surface area contributed by atoms with Crippen molar-refractivity contribution < 1.29 is 18.4 Å². The van der Waals surface area contributed by atoms with E-state index < -0.39 is 23.4 Å². The van der Waals surface area contributed by atoms with Crippen molar-refractivity contribution in [2.45, 2.75) is 6.92 Å². The first-order valence-corrected chi connectivity index (χ1v) is 8.29. The number of rotatable bonds is 4. The molecule has 3 rings (SSSR count). The van der Waals surface area contributed by atoms with Crippen molar-refractivity contribution >= 4 is 34.8 Å². The van der Waals surface area contributed by atoms with Crippen LogP contribution in [0.15, 0.2) is 53.4 Å². The number of hydrogen-bond acceptors (Lipinski definition) is 3. The van der Waals surface area contributed by atoms with E-state index >= 15 is 0 Å². The molecule has 0 bridgehead atoms. The Balaban J connectivity index is 2.12. The summed E-state index contributed by atoms with van der Waals surface area (Å²) in [4.78, 5) is 26.6. The van der Waals surface area contributed by atoms with Crippen LogP contribution >= 0.6 is 11.8 Å². The van der Waals surface area contributed by atoms with Gasteiger partial charge in [0.05, 0.1) is 16.2 Å². The molecule has 0 N–H and O–H groups in total. The average molecular weight is 345 g/mol. The molecule has 2 amide bonds. The van der Waals surface area contributed by atoms with Crippen molar-refractivity contribution in [2.75, 3.05) is 10.7 Å². The topological polar surface area (TPSA) is 37.4 Å². The Hall–Kier alpha value is -2.47. The highest BCUT2D eigenvalue weighted by Crippen LogP contribution is 2.38. The Bertz CT molecular complexity index is 846. The van der Waals surface area contributed by atoms with Gasteiger partial charge in [0.1, 0.15) is 11.6 Å². The zero-order valence-corrected chi connectivity index (χ0v) is 13.6. The summed E-state index contributed by atoms with van der Waals surface area (Å²) in [6, 6.07) is 10.9. The number of amides is 2. The van der Waals surface area contributed by atoms with Crippen molar-refractivity contribution in [1.82, 2.24) is 0 Å². The molecule has 24 heavy (non-hydrogen) atoms. The van der Waals surface area contributed by atoms with Gasteiger partial charge in [-0.2, -0.15) is 0 Å². The van der Waals surface area contributed by atoms with Crippen molar-refractivity contribution in [3.63, 3.8) is 0 Å². The van der Waals surface area contributed by atoms with Gasteiger partial charge in [0, 0.05) is 0 Å². The summed E-state index contributed by atoms with van der Waals surface area (Å²) in [5.41, 5.74) is 0.526. The molecule has 0 saturated carbocycles. The van der Waals surface area contributed by atoms with E-state index in [2.05, 4.69) is 0 Å². The number of thioether (sulfide) groups is 1. The first kappa shape index (κ1) is 16.4. The van der Waals surface area contributed by atoms with E-state index in [4.69, 9.17) is 0 Å². The molecule has 1 aliphatic rings. The molecule has 0 saturated heterocycles. The largest absolute Gasteiger partial charge is 0.272 e. The van der Waals surface area contributed by atoms with Crippen molar-refractivity contribution in [2.24, 2.45) is 0 Å². The summed E-state index contributed by atoms with van der Waals surface area (Å²) in [6.07, 6.45) is 0. The summed E-state index contributed by atoms with van der Waals surface area (Å²) in [7, 11) is 0. The minimum absolute atomic E-state index is 0.0844. The molecule has 0 spiro atoms. The Morgan fingerprint density at radius 3 is 2.25 bits per heavy atom. The second-order valence-corrected chi connectivity index (χ2v) is 6.32. The van der Waals surface area contributed by atoms with Crippen molar-refractivity contribution in [3.05, 3.63) is 70.6 Å². The van der Waals surface area contributed by atoms with Gasteiger partial charge in [-0.15, -0.1) is 11.8 Å². The molecule has 0 atom stereocenters. The maximum atomic E-state index is 14.1. The van der Waals surface area contributed by atoms with E-state index in [-0.39, 0.29) is 16.2 Å². The van der Waals surface area contributed by atoms with Gasteiger partial charge in [-0.1, -0.05) is 31.2 Å². The molecule has 1 aliphatic heterocycles. The van der Waals surface area contributed by atoms with E-state index in [1.54, 1.807) is 6.07 Å². The van der Waals surface area contributed by atoms with Crippen LogP contribution in [0.2, 0.25) is 0 Å². The average Bonchev–Trinajstić information content (AvgIpc) is 2.81. The van der Waals surface area contributed by atoms with E-state index in [1.807, 2.05) is 6.92 Å². The molecule has 6 heteroatoms. The predicted octanol–water partition coefficient (Wildman–Crippen LogP) is 4.00. The Morgan fingerprint density at radius 2 is 1.62 bits per heavy atom. The number of nitrogens with zero attached hydrogens (tertiary/aromatic N) is 1. The molecule has 0 aromatic heterocycles. The number of benzene rings is 2. The normalized spacial score (nSPS) is 14.7. The zero-order chi connectivity index (χ0) is 17.3. The molecule has 1 heterocycles. The highest BCUT2D eigenvalue weighted by molar-refractivity contribution is 8.04. The van der Waals surface area contributed by atoms with Crippen LogP contribution in [-0.4, -0.2) is 17.6 Å². The molecule has 3 nitrogen and oxygen atoms in total. The van der Waals surface area contributed by atoms with Gasteiger partial charge in [-0.3, -0.25) is 9.59 Å². The lowest BCUT2D eigenvalue weighted by molar-refractivity contribution is -0.119. The molecule has 0 aliphatic carbocycles. The number of anilines is 1. The van der Waals surface area contributed by atoms with Gasteiger partial charge in [-0.25, -0.2) is 13.7 Å². The molecular formula is C18H13F2NO2S. The highest BCUT2D eigenvalue weighted by Gasteiger charge is 2.40. The SMILES string of the molecule is CCSC1=C(c2ccc(F)cc2)C(=O)N(c2ccccc2F)C1=O. The van der Waals surface area contributed by atoms with Gasteiger partial charge in [0.25, 0.3) is 11.8 Å². The number of hydrogen-bond donors (Lipinski definition) is 0. The third-order valence-corrected chi connectivity index (χ3v) is 4.51. The van der Waals surface area contributed by atoms with Crippen LogP contribution in [-0.2, 0) is 9.59 Å². The number of carbonyl (C=O) groups excluding carboxylic acids is 2. The fourth-order valence-electron chi connectivity index (χ4n) is 2.51. The fourth-order valence-corrected chi connectivity index (χ4v) is 3.36. The molecular weight excluding hydrogens is 332 g/mol. The van der Waals surface area contributed by atoms with Crippen LogP contribution in [0.5, 0.6) is 0 Å². The maximum absolute atomic E-state index is 14.1. The molecule has 2 aromatic carbocycles. The number of carbonyl (C=O) groups is 2. The van der Waals surface area contributed by atoms with E-state index in [0.717, 1.165) is 4.90 Å². The smallest absolute Gasteiger partial charge is 0.268 e. The summed E-state index contributed by atoms with van der Waals surface area (Å²) in [5, 5.41) is 0. The molecule has 2 aromatic rings. The van der Waals surface area contributed by atoms with E-state index in [0.29, 0.717) is 11.3 Å². The Kier molecular flexibility index (Phi) is 4.49. The standard InChI is InChI=1S/C18H13F2NO2S/c1-2-24-16-15(11-7-9-12(19)10-8-11)17(22)21(18(16)23)14-6-4-3-5-13(14)20/h3-10H,2H2,1H3. The molecule has 122 valence electrons. The minimum Gasteiger partial charge on any atom is -0.268 e. The monoisotopic (exact) mass is 345 g/mol. The van der Waals surface area contributed by atoms with E-state index in [9.17, 15) is 18.4 Å². The summed E-state index contributed by atoms with van der Waals surface area (Å²) >= 11 is 1.21. The van der Waals surface area contributed by atoms with Crippen LogP contribution in [0, 0.1) is 11.6 Å². The second kappa shape index (κ2) is 6.57. The fraction of sp³-hybridized carbons (Fsp3) is 0.111. The number of para-hydroxylation sites is 1. The van der Waals surface area contributed by atoms with Crippen LogP contribution in [0.1, 0.15) is 12.5 Å². The van der Waals surface area contributed by atoms with E-state index in [1.165, 1.54) is 54.2 Å². The summed E-state index contributed by atoms with van der Waals surface area (Å²) in [6.45, 7) is 1.85. The van der Waals surface area contributed by atoms with Gasteiger partial charge in [0.15, 0.2) is 0 Å². The number of imide groups is 1. The zero-order valence-electron chi connectivity index (χ0n) is 12.8. The Labute approximate surface area is 142 Å². The quantitative estimate of drug-likeness (QED) is 0.786. The lowest BCUT2D eigenvalue weighted by Crippen LogP contribution is -2.32. The van der Waals surface area contributed by atoms with Gasteiger partial charge >= 0.3 is 0 Å². The summed E-state index contributed by atoms with van der Waals surface area (Å²) < 4.78 is 27.2. The minimum atomic E-state index is -0.652. The van der Waals surface area contributed by atoms with Gasteiger partial charge in [0.2, 0.25) is 0 Å². The van der Waals surface area contributed by atoms with Crippen LogP contribution in [0.25, 0.3) is 5.57 Å².